The highest BCUT2D eigenvalue weighted by Gasteiger charge is 2.33. The zero-order valence-corrected chi connectivity index (χ0v) is 16.7. The molecule has 3 heterocycles. The van der Waals surface area contributed by atoms with E-state index in [-0.39, 0.29) is 0 Å². The van der Waals surface area contributed by atoms with Gasteiger partial charge in [0, 0.05) is 23.8 Å². The molecule has 0 bridgehead atoms. The summed E-state index contributed by atoms with van der Waals surface area (Å²) in [4.78, 5) is 28.5. The number of tetrazole rings is 1. The van der Waals surface area contributed by atoms with E-state index in [9.17, 15) is 9.59 Å². The molecule has 9 heteroatoms. The molecule has 2 fully saturated rings. The van der Waals surface area contributed by atoms with Gasteiger partial charge in [0.2, 0.25) is 5.82 Å². The van der Waals surface area contributed by atoms with Crippen LogP contribution < -0.4 is 10.6 Å². The highest BCUT2D eigenvalue weighted by molar-refractivity contribution is 6.39. The van der Waals surface area contributed by atoms with E-state index in [4.69, 9.17) is 0 Å². The van der Waals surface area contributed by atoms with Gasteiger partial charge in [-0.1, -0.05) is 6.42 Å². The third-order valence-corrected chi connectivity index (χ3v) is 5.87. The number of benzene rings is 1. The van der Waals surface area contributed by atoms with E-state index in [1.54, 1.807) is 31.3 Å². The number of hydrogen-bond donors (Lipinski definition) is 2. The maximum Gasteiger partial charge on any atom is 0.313 e. The Morgan fingerprint density at radius 3 is 2.62 bits per heavy atom. The number of anilines is 1. The molecule has 29 heavy (non-hydrogen) atoms. The Bertz CT molecular complexity index is 862. The molecule has 2 N–H and O–H groups in total. The van der Waals surface area contributed by atoms with Crippen molar-refractivity contribution >= 4 is 17.5 Å². The smallest absolute Gasteiger partial charge is 0.313 e. The maximum atomic E-state index is 12.3. The number of aryl methyl sites for hydroxylation is 1. The molecule has 2 atom stereocenters. The summed E-state index contributed by atoms with van der Waals surface area (Å²) in [6.45, 7) is 2.88. The van der Waals surface area contributed by atoms with Gasteiger partial charge in [-0.15, -0.1) is 10.2 Å². The van der Waals surface area contributed by atoms with Crippen molar-refractivity contribution in [2.75, 3.05) is 25.0 Å². The molecule has 2 aromatic rings. The summed E-state index contributed by atoms with van der Waals surface area (Å²) in [6, 6.07) is 7.55. The van der Waals surface area contributed by atoms with E-state index in [2.05, 4.69) is 30.9 Å². The molecule has 0 unspecified atom stereocenters. The lowest BCUT2D eigenvalue weighted by Gasteiger charge is -2.44. The molecule has 0 spiro atoms. The van der Waals surface area contributed by atoms with Crippen molar-refractivity contribution in [2.24, 2.45) is 13.0 Å². The van der Waals surface area contributed by atoms with Gasteiger partial charge < -0.3 is 15.5 Å². The van der Waals surface area contributed by atoms with Crippen molar-refractivity contribution in [3.05, 3.63) is 24.3 Å². The molecule has 2 amide bonds. The summed E-state index contributed by atoms with van der Waals surface area (Å²) in [7, 11) is 1.70. The van der Waals surface area contributed by atoms with Crippen LogP contribution in [0.5, 0.6) is 0 Å². The number of amides is 2. The van der Waals surface area contributed by atoms with E-state index < -0.39 is 11.8 Å². The second-order valence-electron chi connectivity index (χ2n) is 7.85. The molecule has 9 nitrogen and oxygen atoms in total. The molecule has 1 aromatic carbocycles. The SMILES string of the molecule is Cn1nnc(-c2ccc(NC(=O)C(=O)NC[C@H]3CCCN4CCCC[C@@H]34)cc2)n1. The first-order chi connectivity index (χ1) is 14.1. The van der Waals surface area contributed by atoms with Crippen LogP contribution in [0.1, 0.15) is 32.1 Å². The summed E-state index contributed by atoms with van der Waals surface area (Å²) < 4.78 is 0. The molecule has 154 valence electrons. The average Bonchev–Trinajstić information content (AvgIpc) is 3.18. The summed E-state index contributed by atoms with van der Waals surface area (Å²) in [5, 5.41) is 17.4. The van der Waals surface area contributed by atoms with Crippen LogP contribution in [-0.2, 0) is 16.6 Å². The van der Waals surface area contributed by atoms with Gasteiger partial charge in [-0.05, 0) is 74.2 Å². The molecule has 0 aliphatic carbocycles. The first kappa shape index (κ1) is 19.5. The number of carbonyl (C=O) groups is 2. The summed E-state index contributed by atoms with van der Waals surface area (Å²) in [5.41, 5.74) is 1.34. The number of carbonyl (C=O) groups excluding carboxylic acids is 2. The van der Waals surface area contributed by atoms with E-state index in [1.165, 1.54) is 24.1 Å². The van der Waals surface area contributed by atoms with E-state index in [0.29, 0.717) is 30.0 Å². The minimum atomic E-state index is -0.647. The predicted molar refractivity (Wildman–Crippen MR) is 108 cm³/mol. The van der Waals surface area contributed by atoms with Crippen LogP contribution in [-0.4, -0.2) is 62.6 Å². The fraction of sp³-hybridized carbons (Fsp3) is 0.550. The summed E-state index contributed by atoms with van der Waals surface area (Å²) in [5.74, 6) is -0.295. The van der Waals surface area contributed by atoms with Crippen molar-refractivity contribution in [2.45, 2.75) is 38.1 Å². The molecule has 1 aromatic heterocycles. The number of fused-ring (bicyclic) bond motifs is 1. The van der Waals surface area contributed by atoms with E-state index >= 15 is 0 Å². The zero-order chi connectivity index (χ0) is 20.2. The van der Waals surface area contributed by atoms with Crippen molar-refractivity contribution in [1.82, 2.24) is 30.4 Å². The van der Waals surface area contributed by atoms with Gasteiger partial charge in [0.05, 0.1) is 7.05 Å². The quantitative estimate of drug-likeness (QED) is 0.751. The van der Waals surface area contributed by atoms with Crippen LogP contribution in [0.4, 0.5) is 5.69 Å². The topological polar surface area (TPSA) is 105 Å². The van der Waals surface area contributed by atoms with Gasteiger partial charge in [0.15, 0.2) is 0 Å². The number of piperidine rings is 2. The second kappa shape index (κ2) is 8.69. The van der Waals surface area contributed by atoms with Crippen LogP contribution in [0.2, 0.25) is 0 Å². The van der Waals surface area contributed by atoms with Crippen LogP contribution >= 0.6 is 0 Å². The number of rotatable bonds is 4. The van der Waals surface area contributed by atoms with Crippen molar-refractivity contribution in [1.29, 1.82) is 0 Å². The van der Waals surface area contributed by atoms with Gasteiger partial charge >= 0.3 is 11.8 Å². The minimum Gasteiger partial charge on any atom is -0.347 e. The average molecular weight is 397 g/mol. The Kier molecular flexibility index (Phi) is 5.84. The van der Waals surface area contributed by atoms with Gasteiger partial charge in [-0.3, -0.25) is 9.59 Å². The minimum absolute atomic E-state index is 0.430. The number of aromatic nitrogens is 4. The Balaban J connectivity index is 1.28. The molecule has 2 saturated heterocycles. The fourth-order valence-corrected chi connectivity index (χ4v) is 4.41. The van der Waals surface area contributed by atoms with Gasteiger partial charge in [-0.2, -0.15) is 4.80 Å². The third kappa shape index (κ3) is 4.61. The Labute approximate surface area is 169 Å². The molecule has 0 saturated carbocycles. The van der Waals surface area contributed by atoms with Gasteiger partial charge in [0.25, 0.3) is 0 Å². The standard InChI is InChI=1S/C20H27N7O2/c1-26-24-18(23-25-26)14-7-9-16(10-8-14)22-20(29)19(28)21-13-15-5-4-12-27-11-3-2-6-17(15)27/h7-10,15,17H,2-6,11-13H2,1H3,(H,21,28)(H,22,29)/t15-,17+/m1/s1. The normalized spacial score (nSPS) is 22.0. The molecule has 0 radical (unpaired) electrons. The fourth-order valence-electron chi connectivity index (χ4n) is 4.41. The highest BCUT2D eigenvalue weighted by Crippen LogP contribution is 2.30. The lowest BCUT2D eigenvalue weighted by Crippen LogP contribution is -2.51. The van der Waals surface area contributed by atoms with Crippen molar-refractivity contribution in [3.63, 3.8) is 0 Å². The Morgan fingerprint density at radius 1 is 1.07 bits per heavy atom. The molecule has 2 aliphatic rings. The third-order valence-electron chi connectivity index (χ3n) is 5.87. The zero-order valence-electron chi connectivity index (χ0n) is 16.7. The summed E-state index contributed by atoms with van der Waals surface area (Å²) >= 11 is 0. The first-order valence-electron chi connectivity index (χ1n) is 10.3. The van der Waals surface area contributed by atoms with Crippen molar-refractivity contribution in [3.8, 4) is 11.4 Å². The number of nitrogens with one attached hydrogen (secondary N) is 2. The second-order valence-corrected chi connectivity index (χ2v) is 7.85. The van der Waals surface area contributed by atoms with E-state index in [0.717, 1.165) is 31.5 Å². The van der Waals surface area contributed by atoms with Crippen LogP contribution in [0.3, 0.4) is 0 Å². The predicted octanol–water partition coefficient (Wildman–Crippen LogP) is 1.20. The summed E-state index contributed by atoms with van der Waals surface area (Å²) in [6.07, 6.45) is 5.99. The largest absolute Gasteiger partial charge is 0.347 e. The van der Waals surface area contributed by atoms with Crippen LogP contribution in [0.25, 0.3) is 11.4 Å². The van der Waals surface area contributed by atoms with E-state index in [1.807, 2.05) is 0 Å². The Hall–Kier alpha value is -2.81. The van der Waals surface area contributed by atoms with Gasteiger partial charge in [0.1, 0.15) is 0 Å². The lowest BCUT2D eigenvalue weighted by atomic mass is 9.83. The number of nitrogens with zero attached hydrogens (tertiary/aromatic N) is 5. The maximum absolute atomic E-state index is 12.3. The molecular formula is C20H27N7O2. The van der Waals surface area contributed by atoms with Crippen LogP contribution in [0.15, 0.2) is 24.3 Å². The molecule has 2 aliphatic heterocycles. The Morgan fingerprint density at radius 2 is 1.86 bits per heavy atom. The highest BCUT2D eigenvalue weighted by atomic mass is 16.2. The monoisotopic (exact) mass is 397 g/mol. The molecular weight excluding hydrogens is 370 g/mol. The lowest BCUT2D eigenvalue weighted by molar-refractivity contribution is -0.136. The first-order valence-corrected chi connectivity index (χ1v) is 10.3. The number of hydrogen-bond acceptors (Lipinski definition) is 6. The van der Waals surface area contributed by atoms with Crippen molar-refractivity contribution < 1.29 is 9.59 Å². The van der Waals surface area contributed by atoms with Crippen LogP contribution in [0, 0.1) is 5.92 Å². The van der Waals surface area contributed by atoms with Gasteiger partial charge in [-0.25, -0.2) is 0 Å². The molecule has 4 rings (SSSR count).